The van der Waals surface area contributed by atoms with Crippen LogP contribution in [0, 0.1) is 5.82 Å². The third-order valence-corrected chi connectivity index (χ3v) is 8.95. The van der Waals surface area contributed by atoms with Crippen LogP contribution in [-0.4, -0.2) is 74.5 Å². The molecule has 9 nitrogen and oxygen atoms in total. The Morgan fingerprint density at radius 1 is 0.956 bits per heavy atom. The zero-order valence-electron chi connectivity index (χ0n) is 24.2. The third kappa shape index (κ3) is 6.18. The number of hydrogen-bond donors (Lipinski definition) is 2. The van der Waals surface area contributed by atoms with Gasteiger partial charge in [0, 0.05) is 83.5 Å². The van der Waals surface area contributed by atoms with Crippen molar-refractivity contribution in [1.29, 1.82) is 0 Å². The average molecular weight is 632 g/mol. The van der Waals surface area contributed by atoms with Gasteiger partial charge in [0.15, 0.2) is 5.65 Å². The van der Waals surface area contributed by atoms with Gasteiger partial charge in [0.05, 0.1) is 29.4 Å². The molecule has 0 spiro atoms. The molecule has 6 heterocycles. The molecule has 2 N–H and O–H groups in total. The number of nitrogens with zero attached hydrogens (tertiary/aromatic N) is 5. The number of aromatic amines is 2. The molecule has 0 saturated carbocycles. The summed E-state index contributed by atoms with van der Waals surface area (Å²) in [5, 5.41) is 8.96. The summed E-state index contributed by atoms with van der Waals surface area (Å²) in [6.45, 7) is 0.474. The monoisotopic (exact) mass is 631 g/mol. The van der Waals surface area contributed by atoms with Crippen molar-refractivity contribution in [3.05, 3.63) is 84.2 Å². The zero-order valence-corrected chi connectivity index (χ0v) is 25.0. The van der Waals surface area contributed by atoms with Gasteiger partial charge in [0.2, 0.25) is 0 Å². The van der Waals surface area contributed by atoms with Crippen LogP contribution in [0.25, 0.3) is 55.7 Å². The Bertz CT molecular complexity index is 2180. The third-order valence-electron chi connectivity index (χ3n) is 8.00. The van der Waals surface area contributed by atoms with Crippen molar-refractivity contribution >= 4 is 31.8 Å². The molecule has 1 aliphatic heterocycles. The van der Waals surface area contributed by atoms with Gasteiger partial charge in [-0.15, -0.1) is 0 Å². The molecule has 0 amide bonds. The number of likely N-dealkylation sites (tertiary alicyclic amines) is 1. The van der Waals surface area contributed by atoms with Crippen LogP contribution in [-0.2, 0) is 22.8 Å². The van der Waals surface area contributed by atoms with Crippen LogP contribution in [0.2, 0.25) is 0 Å². The number of rotatable bonds is 8. The summed E-state index contributed by atoms with van der Waals surface area (Å²) in [4.78, 5) is 18.6. The van der Waals surface area contributed by atoms with Crippen molar-refractivity contribution in [2.45, 2.75) is 25.3 Å². The number of aromatic nitrogens is 6. The molecule has 0 atom stereocenters. The summed E-state index contributed by atoms with van der Waals surface area (Å²) in [6, 6.07) is 12.1. The molecule has 1 saturated heterocycles. The first-order valence-corrected chi connectivity index (χ1v) is 16.4. The molecule has 45 heavy (non-hydrogen) atoms. The van der Waals surface area contributed by atoms with Gasteiger partial charge in [-0.05, 0) is 60.0 Å². The van der Waals surface area contributed by atoms with Crippen molar-refractivity contribution < 1.29 is 21.6 Å². The van der Waals surface area contributed by atoms with E-state index >= 15 is 0 Å². The molecule has 230 valence electrons. The number of fused-ring (bicyclic) bond motifs is 2. The maximum absolute atomic E-state index is 14.6. The molecule has 0 unspecified atom stereocenters. The van der Waals surface area contributed by atoms with Gasteiger partial charge in [0.25, 0.3) is 5.92 Å². The van der Waals surface area contributed by atoms with Gasteiger partial charge in [-0.2, -0.15) is 5.10 Å². The first-order chi connectivity index (χ1) is 21.5. The van der Waals surface area contributed by atoms with E-state index in [9.17, 15) is 21.6 Å². The highest BCUT2D eigenvalue weighted by atomic mass is 32.2. The summed E-state index contributed by atoms with van der Waals surface area (Å²) < 4.78 is 65.4. The number of aryl methyl sites for hydroxylation is 1. The smallest absolute Gasteiger partial charge is 0.261 e. The molecule has 5 aromatic heterocycles. The molecular formula is C32H28F3N7O2S. The summed E-state index contributed by atoms with van der Waals surface area (Å²) in [7, 11) is -3.21. The van der Waals surface area contributed by atoms with Crippen molar-refractivity contribution in [3.63, 3.8) is 0 Å². The average Bonchev–Trinajstić information content (AvgIpc) is 3.71. The second-order valence-corrected chi connectivity index (χ2v) is 13.9. The predicted octanol–water partition coefficient (Wildman–Crippen LogP) is 5.80. The molecule has 7 rings (SSSR count). The van der Waals surface area contributed by atoms with Crippen molar-refractivity contribution in [2.75, 3.05) is 25.1 Å². The summed E-state index contributed by atoms with van der Waals surface area (Å²) in [5.74, 6) is -3.21. The van der Waals surface area contributed by atoms with E-state index in [0.717, 1.165) is 44.9 Å². The Labute approximate surface area is 256 Å². The van der Waals surface area contributed by atoms with E-state index in [4.69, 9.17) is 0 Å². The highest BCUT2D eigenvalue weighted by Crippen LogP contribution is 2.35. The minimum atomic E-state index is -3.21. The normalized spacial score (nSPS) is 15.4. The fourth-order valence-electron chi connectivity index (χ4n) is 5.85. The lowest BCUT2D eigenvalue weighted by molar-refractivity contribution is 0.0115. The van der Waals surface area contributed by atoms with E-state index < -0.39 is 21.6 Å². The molecule has 1 aromatic carbocycles. The molecular weight excluding hydrogens is 603 g/mol. The van der Waals surface area contributed by atoms with E-state index in [0.29, 0.717) is 41.3 Å². The topological polar surface area (TPSA) is 121 Å². The van der Waals surface area contributed by atoms with Gasteiger partial charge in [-0.3, -0.25) is 20.0 Å². The van der Waals surface area contributed by atoms with Gasteiger partial charge < -0.3 is 4.98 Å². The molecule has 0 aliphatic carbocycles. The lowest BCUT2D eigenvalue weighted by Crippen LogP contribution is -2.24. The molecule has 6 aromatic rings. The van der Waals surface area contributed by atoms with E-state index in [1.807, 2.05) is 24.3 Å². The van der Waals surface area contributed by atoms with Crippen LogP contribution in [0.1, 0.15) is 17.5 Å². The number of pyridine rings is 3. The Balaban J connectivity index is 1.22. The molecule has 0 bridgehead atoms. The maximum Gasteiger partial charge on any atom is 0.261 e. The minimum absolute atomic E-state index is 0.0809. The van der Waals surface area contributed by atoms with E-state index in [2.05, 4.69) is 30.1 Å². The van der Waals surface area contributed by atoms with Crippen LogP contribution in [0.3, 0.4) is 0 Å². The first kappa shape index (κ1) is 29.1. The predicted molar refractivity (Wildman–Crippen MR) is 166 cm³/mol. The molecule has 1 aliphatic rings. The fraction of sp³-hybridized carbons (Fsp3) is 0.250. The van der Waals surface area contributed by atoms with Gasteiger partial charge in [-0.25, -0.2) is 26.6 Å². The number of sulfone groups is 1. The Morgan fingerprint density at radius 2 is 1.78 bits per heavy atom. The van der Waals surface area contributed by atoms with Gasteiger partial charge in [-0.1, -0.05) is 0 Å². The van der Waals surface area contributed by atoms with Crippen LogP contribution >= 0.6 is 0 Å². The quantitative estimate of drug-likeness (QED) is 0.218. The highest BCUT2D eigenvalue weighted by Gasteiger charge is 2.37. The second-order valence-electron chi connectivity index (χ2n) is 11.6. The van der Waals surface area contributed by atoms with Crippen molar-refractivity contribution in [1.82, 2.24) is 35.0 Å². The number of H-pyrrole nitrogens is 2. The van der Waals surface area contributed by atoms with Crippen LogP contribution < -0.4 is 0 Å². The zero-order chi connectivity index (χ0) is 31.3. The summed E-state index contributed by atoms with van der Waals surface area (Å²) >= 11 is 0. The number of halogens is 3. The van der Waals surface area contributed by atoms with Crippen LogP contribution in [0.5, 0.6) is 0 Å². The van der Waals surface area contributed by atoms with Gasteiger partial charge >= 0.3 is 0 Å². The Morgan fingerprint density at radius 3 is 2.58 bits per heavy atom. The van der Waals surface area contributed by atoms with E-state index in [-0.39, 0.29) is 25.1 Å². The minimum Gasteiger partial charge on any atom is -0.353 e. The van der Waals surface area contributed by atoms with Crippen molar-refractivity contribution in [2.24, 2.45) is 0 Å². The molecule has 1 fully saturated rings. The largest absolute Gasteiger partial charge is 0.353 e. The lowest BCUT2D eigenvalue weighted by atomic mass is 10.0. The van der Waals surface area contributed by atoms with Crippen molar-refractivity contribution in [3.8, 4) is 33.8 Å². The number of alkyl halides is 2. The summed E-state index contributed by atoms with van der Waals surface area (Å²) in [6.07, 6.45) is 7.96. The summed E-state index contributed by atoms with van der Waals surface area (Å²) in [5.41, 5.74) is 6.80. The standard InChI is InChI=1S/C32H28F3N7O2S/c1-45(43,44)7-3-19-8-21(11-24(33)10-19)29-25-13-28(39-27(25)2-5-37-29)30-26-12-23(16-38-31(26)41-40-30)22-9-20(14-36-15-22)17-42-6-4-32(34,35)18-42/h2,5,8-16,39H,3-4,6-7,17-18H2,1H3,(H,38,40,41). The maximum atomic E-state index is 14.6. The van der Waals surface area contributed by atoms with E-state index in [1.165, 1.54) is 12.1 Å². The van der Waals surface area contributed by atoms with Crippen LogP contribution in [0.4, 0.5) is 13.2 Å². The number of benzene rings is 1. The molecule has 13 heteroatoms. The Kier molecular flexibility index (Phi) is 7.16. The second kappa shape index (κ2) is 11.1. The van der Waals surface area contributed by atoms with E-state index in [1.54, 1.807) is 35.8 Å². The first-order valence-electron chi connectivity index (χ1n) is 14.3. The Hall–Kier alpha value is -4.62. The SMILES string of the molecule is CS(=O)(=O)CCc1cc(F)cc(-c2nccc3[nH]c(-c4[nH]nc5ncc(-c6cncc(CN7CCC(F)(F)C7)c6)cc45)cc23)c1. The van der Waals surface area contributed by atoms with Gasteiger partial charge in [0.1, 0.15) is 15.7 Å². The number of nitrogens with one attached hydrogen (secondary N) is 2. The molecule has 0 radical (unpaired) electrons. The fourth-order valence-corrected chi connectivity index (χ4v) is 6.45. The highest BCUT2D eigenvalue weighted by molar-refractivity contribution is 7.90. The van der Waals surface area contributed by atoms with Crippen LogP contribution in [0.15, 0.2) is 67.3 Å². The lowest BCUT2D eigenvalue weighted by Gasteiger charge is -2.15. The number of hydrogen-bond acceptors (Lipinski definition) is 7.